The first-order valence-corrected chi connectivity index (χ1v) is 12.4. The molecule has 1 fully saturated rings. The Hall–Kier alpha value is -4.63. The number of H-pyrrole nitrogens is 1. The summed E-state index contributed by atoms with van der Waals surface area (Å²) in [5.74, 6) is 0.313. The number of hydrogen-bond donors (Lipinski definition) is 3. The number of halogens is 1. The molecule has 5 aromatic rings. The molecule has 0 aliphatic carbocycles. The van der Waals surface area contributed by atoms with Gasteiger partial charge in [0.15, 0.2) is 5.82 Å². The Morgan fingerprint density at radius 3 is 2.61 bits per heavy atom. The minimum absolute atomic E-state index is 0.125. The summed E-state index contributed by atoms with van der Waals surface area (Å²) >= 11 is 0. The Bertz CT molecular complexity index is 1640. The summed E-state index contributed by atoms with van der Waals surface area (Å²) in [6, 6.07) is 16.5. The summed E-state index contributed by atoms with van der Waals surface area (Å²) in [6.45, 7) is 3.57. The average Bonchev–Trinajstić information content (AvgIpc) is 3.38. The number of imidazole rings is 1. The third-order valence-electron chi connectivity index (χ3n) is 6.99. The first-order chi connectivity index (χ1) is 18.5. The van der Waals surface area contributed by atoms with E-state index in [1.54, 1.807) is 24.7 Å². The van der Waals surface area contributed by atoms with E-state index in [2.05, 4.69) is 31.8 Å². The van der Waals surface area contributed by atoms with Crippen molar-refractivity contribution in [3.63, 3.8) is 0 Å². The lowest BCUT2D eigenvalue weighted by Crippen LogP contribution is -2.44. The molecule has 0 saturated carbocycles. The molecule has 8 nitrogen and oxygen atoms in total. The van der Waals surface area contributed by atoms with E-state index >= 15 is 0 Å². The largest absolute Gasteiger partial charge is 0.383 e. The summed E-state index contributed by atoms with van der Waals surface area (Å²) in [7, 11) is 2.10. The number of piperazine rings is 1. The van der Waals surface area contributed by atoms with Gasteiger partial charge in [-0.2, -0.15) is 0 Å². The van der Waals surface area contributed by atoms with E-state index in [0.29, 0.717) is 16.9 Å². The van der Waals surface area contributed by atoms with Crippen molar-refractivity contribution in [2.24, 2.45) is 0 Å². The van der Waals surface area contributed by atoms with Gasteiger partial charge in [0.1, 0.15) is 17.3 Å². The number of likely N-dealkylation sites (N-methyl/N-ethyl adjacent to an activating group) is 1. The molecule has 4 N–H and O–H groups in total. The van der Waals surface area contributed by atoms with Gasteiger partial charge in [0.25, 0.3) is 0 Å². The molecule has 1 aliphatic heterocycles. The number of para-hydroxylation sites is 1. The van der Waals surface area contributed by atoms with Crippen LogP contribution in [-0.4, -0.2) is 63.8 Å². The highest BCUT2D eigenvalue weighted by atomic mass is 19.1. The van der Waals surface area contributed by atoms with Crippen molar-refractivity contribution in [1.29, 1.82) is 5.41 Å². The molecule has 190 valence electrons. The molecule has 0 atom stereocenters. The second-order valence-corrected chi connectivity index (χ2v) is 9.55. The molecule has 9 heteroatoms. The van der Waals surface area contributed by atoms with Crippen LogP contribution in [0.1, 0.15) is 11.4 Å². The molecule has 1 aliphatic rings. The Kier molecular flexibility index (Phi) is 6.05. The van der Waals surface area contributed by atoms with Crippen LogP contribution in [0.2, 0.25) is 0 Å². The molecule has 38 heavy (non-hydrogen) atoms. The molecule has 3 aromatic heterocycles. The third-order valence-corrected chi connectivity index (χ3v) is 6.99. The number of nitrogens with zero attached hydrogens (tertiary/aromatic N) is 5. The van der Waals surface area contributed by atoms with Crippen LogP contribution in [0.15, 0.2) is 73.2 Å². The van der Waals surface area contributed by atoms with Crippen LogP contribution in [-0.2, 0) is 0 Å². The van der Waals surface area contributed by atoms with Gasteiger partial charge in [0.2, 0.25) is 0 Å². The first-order valence-electron chi connectivity index (χ1n) is 12.4. The Labute approximate surface area is 219 Å². The highest BCUT2D eigenvalue weighted by Gasteiger charge is 2.19. The maximum absolute atomic E-state index is 14.8. The van der Waals surface area contributed by atoms with E-state index in [1.165, 1.54) is 6.07 Å². The zero-order chi connectivity index (χ0) is 26.2. The maximum Gasteiger partial charge on any atom is 0.157 e. The van der Waals surface area contributed by atoms with Crippen molar-refractivity contribution in [3.8, 4) is 22.3 Å². The quantitative estimate of drug-likeness (QED) is 0.301. The minimum atomic E-state index is -0.289. The SMILES string of the molecule is CN1CCN(c2cc(F)cc(-c3cccc4[nH]c(C(=N)c5cc(-c6cccnc6)cnc5N)nc34)c2)CC1. The van der Waals surface area contributed by atoms with E-state index in [4.69, 9.17) is 16.1 Å². The number of anilines is 2. The summed E-state index contributed by atoms with van der Waals surface area (Å²) in [4.78, 5) is 21.0. The van der Waals surface area contributed by atoms with Crippen molar-refractivity contribution < 1.29 is 4.39 Å². The molecular formula is C29H27FN8. The predicted octanol–water partition coefficient (Wildman–Crippen LogP) is 4.58. The molecule has 6 rings (SSSR count). The molecule has 4 heterocycles. The number of nitrogens with two attached hydrogens (primary N) is 1. The number of aromatic nitrogens is 4. The van der Waals surface area contributed by atoms with E-state index in [9.17, 15) is 4.39 Å². The van der Waals surface area contributed by atoms with Crippen LogP contribution in [0.25, 0.3) is 33.3 Å². The number of aromatic amines is 1. The van der Waals surface area contributed by atoms with Gasteiger partial charge in [-0.3, -0.25) is 10.4 Å². The van der Waals surface area contributed by atoms with Gasteiger partial charge >= 0.3 is 0 Å². The van der Waals surface area contributed by atoms with Gasteiger partial charge in [-0.15, -0.1) is 0 Å². The number of hydrogen-bond acceptors (Lipinski definition) is 7. The van der Waals surface area contributed by atoms with E-state index in [1.807, 2.05) is 42.5 Å². The second-order valence-electron chi connectivity index (χ2n) is 9.55. The van der Waals surface area contributed by atoms with Gasteiger partial charge in [0.05, 0.1) is 11.0 Å². The van der Waals surface area contributed by atoms with Crippen LogP contribution in [0, 0.1) is 11.2 Å². The topological polar surface area (TPSA) is 111 Å². The highest BCUT2D eigenvalue weighted by Crippen LogP contribution is 2.32. The first kappa shape index (κ1) is 23.7. The van der Waals surface area contributed by atoms with Crippen LogP contribution in [0.5, 0.6) is 0 Å². The normalized spacial score (nSPS) is 14.2. The summed E-state index contributed by atoms with van der Waals surface area (Å²) in [5, 5.41) is 8.90. The van der Waals surface area contributed by atoms with Crippen LogP contribution in [0.4, 0.5) is 15.9 Å². The number of pyridine rings is 2. The summed E-state index contributed by atoms with van der Waals surface area (Å²) < 4.78 is 14.8. The molecular weight excluding hydrogens is 479 g/mol. The highest BCUT2D eigenvalue weighted by molar-refractivity contribution is 6.13. The van der Waals surface area contributed by atoms with E-state index in [0.717, 1.165) is 59.6 Å². The maximum atomic E-state index is 14.8. The van der Waals surface area contributed by atoms with Gasteiger partial charge in [-0.25, -0.2) is 14.4 Å². The summed E-state index contributed by atoms with van der Waals surface area (Å²) in [5.41, 5.74) is 12.3. The number of rotatable bonds is 5. The van der Waals surface area contributed by atoms with Crippen molar-refractivity contribution in [3.05, 3.63) is 90.4 Å². The third kappa shape index (κ3) is 4.48. The fraction of sp³-hybridized carbons (Fsp3) is 0.172. The van der Waals surface area contributed by atoms with Crippen molar-refractivity contribution in [2.75, 3.05) is 43.9 Å². The van der Waals surface area contributed by atoms with Crippen LogP contribution in [0.3, 0.4) is 0 Å². The zero-order valence-corrected chi connectivity index (χ0v) is 20.9. The fourth-order valence-corrected chi connectivity index (χ4v) is 4.85. The van der Waals surface area contributed by atoms with Crippen LogP contribution < -0.4 is 10.6 Å². The average molecular weight is 507 g/mol. The molecule has 0 radical (unpaired) electrons. The zero-order valence-electron chi connectivity index (χ0n) is 20.9. The van der Waals surface area contributed by atoms with Gasteiger partial charge in [-0.05, 0) is 49.0 Å². The smallest absolute Gasteiger partial charge is 0.157 e. The molecule has 2 aromatic carbocycles. The standard InChI is InChI=1S/C29H27FN8/c1-37-8-10-38(11-9-37)22-13-19(12-21(30)15-22)23-5-2-6-25-27(23)36-29(35-25)26(31)24-14-20(17-34-28(24)32)18-4-3-7-33-16-18/h2-7,12-17,31H,8-11H2,1H3,(H2,32,34)(H,35,36). The fourth-order valence-electron chi connectivity index (χ4n) is 4.85. The number of fused-ring (bicyclic) bond motifs is 1. The Morgan fingerprint density at radius 1 is 0.974 bits per heavy atom. The number of benzene rings is 2. The lowest BCUT2D eigenvalue weighted by molar-refractivity contribution is 0.313. The molecule has 0 unspecified atom stereocenters. The lowest BCUT2D eigenvalue weighted by atomic mass is 10.0. The lowest BCUT2D eigenvalue weighted by Gasteiger charge is -2.34. The molecule has 1 saturated heterocycles. The second kappa shape index (κ2) is 9.68. The van der Waals surface area contributed by atoms with Gasteiger partial charge < -0.3 is 20.5 Å². The van der Waals surface area contributed by atoms with Crippen molar-refractivity contribution in [2.45, 2.75) is 0 Å². The van der Waals surface area contributed by atoms with E-state index in [-0.39, 0.29) is 17.3 Å². The molecule has 0 amide bonds. The predicted molar refractivity (Wildman–Crippen MR) is 149 cm³/mol. The monoisotopic (exact) mass is 506 g/mol. The molecule has 0 bridgehead atoms. The Balaban J connectivity index is 1.38. The van der Waals surface area contributed by atoms with E-state index < -0.39 is 0 Å². The summed E-state index contributed by atoms with van der Waals surface area (Å²) in [6.07, 6.45) is 5.11. The minimum Gasteiger partial charge on any atom is -0.383 e. The number of nitrogen functional groups attached to an aromatic ring is 1. The van der Waals surface area contributed by atoms with Gasteiger partial charge in [-0.1, -0.05) is 18.2 Å². The van der Waals surface area contributed by atoms with Crippen molar-refractivity contribution >= 4 is 28.3 Å². The molecule has 0 spiro atoms. The van der Waals surface area contributed by atoms with Crippen molar-refractivity contribution in [1.82, 2.24) is 24.8 Å². The van der Waals surface area contributed by atoms with Gasteiger partial charge in [0, 0.05) is 72.7 Å². The Morgan fingerprint density at radius 2 is 1.82 bits per heavy atom. The van der Waals surface area contributed by atoms with Crippen LogP contribution >= 0.6 is 0 Å². The number of nitrogens with one attached hydrogen (secondary N) is 2.